The van der Waals surface area contributed by atoms with Gasteiger partial charge in [-0.1, -0.05) is 24.6 Å². The summed E-state index contributed by atoms with van der Waals surface area (Å²) in [4.78, 5) is 29.7. The standard InChI is InChI=1S/C23H26ClN7O.C6H14O/c1-29-6-8-31(9-7-29)19-11-17(24)10-18(12-19)27-22-20-13-21(28-23(20)26-14-25-22)16-2-4-30(15-32)5-3-16;1-5-6(2,3)7-4/h2,10-15H,3-9H2,1H3,(H2,25,26,27,28);5H2,1-4H3. The third-order valence-electron chi connectivity index (χ3n) is 7.58. The lowest BCUT2D eigenvalue weighted by molar-refractivity contribution is -0.117. The Morgan fingerprint density at radius 1 is 1.13 bits per heavy atom. The van der Waals surface area contributed by atoms with E-state index < -0.39 is 0 Å². The number of aromatic nitrogens is 3. The molecule has 3 aromatic rings. The summed E-state index contributed by atoms with van der Waals surface area (Å²) in [5.41, 5.74) is 5.07. The third-order valence-corrected chi connectivity index (χ3v) is 7.80. The molecule has 0 unspecified atom stereocenters. The van der Waals surface area contributed by atoms with Crippen LogP contribution in [0.5, 0.6) is 0 Å². The number of piperazine rings is 1. The maximum Gasteiger partial charge on any atom is 0.209 e. The van der Waals surface area contributed by atoms with Crippen LogP contribution in [0.3, 0.4) is 0 Å². The van der Waals surface area contributed by atoms with Crippen LogP contribution >= 0.6 is 11.6 Å². The second-order valence-electron chi connectivity index (χ2n) is 10.7. The summed E-state index contributed by atoms with van der Waals surface area (Å²) < 4.78 is 5.09. The van der Waals surface area contributed by atoms with Gasteiger partial charge in [-0.05, 0) is 63.6 Å². The van der Waals surface area contributed by atoms with Gasteiger partial charge in [0.1, 0.15) is 17.8 Å². The summed E-state index contributed by atoms with van der Waals surface area (Å²) in [5, 5.41) is 5.05. The van der Waals surface area contributed by atoms with Crippen LogP contribution in [0.4, 0.5) is 17.2 Å². The molecule has 4 heterocycles. The summed E-state index contributed by atoms with van der Waals surface area (Å²) in [6, 6.07) is 8.13. The van der Waals surface area contributed by atoms with E-state index in [-0.39, 0.29) is 5.60 Å². The number of rotatable bonds is 7. The highest BCUT2D eigenvalue weighted by molar-refractivity contribution is 6.31. The highest BCUT2D eigenvalue weighted by Gasteiger charge is 2.18. The number of H-pyrrole nitrogens is 1. The summed E-state index contributed by atoms with van der Waals surface area (Å²) in [7, 11) is 3.89. The van der Waals surface area contributed by atoms with Crippen molar-refractivity contribution in [1.29, 1.82) is 0 Å². The highest BCUT2D eigenvalue weighted by atomic mass is 35.5. The molecular weight excluding hydrogens is 514 g/mol. The number of aromatic amines is 1. The van der Waals surface area contributed by atoms with Gasteiger partial charge in [-0.15, -0.1) is 0 Å². The second kappa shape index (κ2) is 12.8. The Labute approximate surface area is 236 Å². The number of ether oxygens (including phenoxy) is 1. The van der Waals surface area contributed by atoms with Gasteiger partial charge < -0.3 is 29.7 Å². The van der Waals surface area contributed by atoms with E-state index in [9.17, 15) is 4.79 Å². The van der Waals surface area contributed by atoms with Gasteiger partial charge in [0, 0.05) is 68.5 Å². The van der Waals surface area contributed by atoms with Gasteiger partial charge in [-0.2, -0.15) is 0 Å². The van der Waals surface area contributed by atoms with Gasteiger partial charge >= 0.3 is 0 Å². The van der Waals surface area contributed by atoms with Crippen molar-refractivity contribution < 1.29 is 9.53 Å². The molecule has 0 aliphatic carbocycles. The predicted molar refractivity (Wildman–Crippen MR) is 160 cm³/mol. The molecule has 2 aromatic heterocycles. The number of benzene rings is 1. The van der Waals surface area contributed by atoms with E-state index in [2.05, 4.69) is 76.1 Å². The summed E-state index contributed by atoms with van der Waals surface area (Å²) >= 11 is 6.46. The smallest absolute Gasteiger partial charge is 0.209 e. The minimum absolute atomic E-state index is 0.0833. The maximum absolute atomic E-state index is 11.0. The molecule has 5 rings (SSSR count). The molecule has 2 aliphatic heterocycles. The third kappa shape index (κ3) is 7.50. The Balaban J connectivity index is 0.000000448. The van der Waals surface area contributed by atoms with Crippen molar-refractivity contribution in [2.24, 2.45) is 0 Å². The van der Waals surface area contributed by atoms with Crippen molar-refractivity contribution in [2.75, 3.05) is 63.6 Å². The Morgan fingerprint density at radius 3 is 2.51 bits per heavy atom. The van der Waals surface area contributed by atoms with E-state index in [1.165, 1.54) is 5.57 Å². The number of carbonyl (C=O) groups is 1. The Bertz CT molecular complexity index is 1290. The molecule has 0 atom stereocenters. The Kier molecular flexibility index (Phi) is 9.48. The van der Waals surface area contributed by atoms with Crippen LogP contribution in [0.2, 0.25) is 5.02 Å². The molecule has 2 N–H and O–H groups in total. The van der Waals surface area contributed by atoms with Crippen LogP contribution in [0.1, 0.15) is 39.3 Å². The number of fused-ring (bicyclic) bond motifs is 1. The quantitative estimate of drug-likeness (QED) is 0.390. The number of nitrogens with zero attached hydrogens (tertiary/aromatic N) is 5. The van der Waals surface area contributed by atoms with Crippen LogP contribution in [0, 0.1) is 0 Å². The molecule has 1 fully saturated rings. The van der Waals surface area contributed by atoms with E-state index >= 15 is 0 Å². The molecule has 1 saturated heterocycles. The lowest BCUT2D eigenvalue weighted by Gasteiger charge is -2.34. The molecule has 1 amide bonds. The number of nitrogens with one attached hydrogen (secondary N) is 2. The molecule has 0 radical (unpaired) electrons. The largest absolute Gasteiger partial charge is 0.379 e. The van der Waals surface area contributed by atoms with Crippen molar-refractivity contribution in [3.63, 3.8) is 0 Å². The van der Waals surface area contributed by atoms with Gasteiger partial charge in [-0.3, -0.25) is 4.79 Å². The second-order valence-corrected chi connectivity index (χ2v) is 11.1. The van der Waals surface area contributed by atoms with Crippen LogP contribution in [0.15, 0.2) is 36.7 Å². The number of halogens is 1. The van der Waals surface area contributed by atoms with Crippen molar-refractivity contribution in [2.45, 2.75) is 39.2 Å². The maximum atomic E-state index is 11.0. The van der Waals surface area contributed by atoms with Crippen molar-refractivity contribution >= 4 is 51.8 Å². The molecule has 1 aromatic carbocycles. The van der Waals surface area contributed by atoms with E-state index in [1.807, 2.05) is 12.1 Å². The van der Waals surface area contributed by atoms with Gasteiger partial charge in [-0.25, -0.2) is 9.97 Å². The Hall–Kier alpha value is -3.14. The SMILES string of the molecule is CCC(C)(C)OC.CN1CCN(c2cc(Cl)cc(Nc3ncnc4[nH]c(C5=CCN(C=O)CC5)cc34)c2)CC1. The minimum atomic E-state index is 0.0833. The van der Waals surface area contributed by atoms with E-state index in [0.29, 0.717) is 11.6 Å². The highest BCUT2D eigenvalue weighted by Crippen LogP contribution is 2.32. The van der Waals surface area contributed by atoms with Crippen LogP contribution in [-0.2, 0) is 9.53 Å². The van der Waals surface area contributed by atoms with Crippen molar-refractivity contribution in [1.82, 2.24) is 24.8 Å². The van der Waals surface area contributed by atoms with Crippen molar-refractivity contribution in [3.05, 3.63) is 47.4 Å². The fourth-order valence-electron chi connectivity index (χ4n) is 4.41. The zero-order chi connectivity index (χ0) is 28.0. The molecule has 0 saturated carbocycles. The number of likely N-dealkylation sites (N-methyl/N-ethyl adjacent to an activating group) is 1. The molecular formula is C29H40ClN7O2. The number of anilines is 3. The summed E-state index contributed by atoms with van der Waals surface area (Å²) in [6.45, 7) is 11.6. The normalized spacial score (nSPS) is 16.5. The first-order valence-corrected chi connectivity index (χ1v) is 13.9. The van der Waals surface area contributed by atoms with Gasteiger partial charge in [0.05, 0.1) is 11.0 Å². The van der Waals surface area contributed by atoms with Crippen LogP contribution in [-0.4, -0.2) is 90.2 Å². The lowest BCUT2D eigenvalue weighted by atomic mass is 10.1. The fourth-order valence-corrected chi connectivity index (χ4v) is 4.64. The number of hydrogen-bond acceptors (Lipinski definition) is 7. The molecule has 39 heavy (non-hydrogen) atoms. The molecule has 9 nitrogen and oxygen atoms in total. The lowest BCUT2D eigenvalue weighted by Crippen LogP contribution is -2.44. The number of amides is 1. The van der Waals surface area contributed by atoms with E-state index in [0.717, 1.165) is 85.9 Å². The molecule has 0 bridgehead atoms. The van der Waals surface area contributed by atoms with Crippen LogP contribution in [0.25, 0.3) is 16.6 Å². The average Bonchev–Trinajstić information content (AvgIpc) is 3.39. The first kappa shape index (κ1) is 28.9. The van der Waals surface area contributed by atoms with Gasteiger partial charge in [0.25, 0.3) is 0 Å². The van der Waals surface area contributed by atoms with E-state index in [1.54, 1.807) is 18.3 Å². The summed E-state index contributed by atoms with van der Waals surface area (Å²) in [5.74, 6) is 0.732. The van der Waals surface area contributed by atoms with Gasteiger partial charge in [0.15, 0.2) is 0 Å². The monoisotopic (exact) mass is 553 g/mol. The first-order valence-electron chi connectivity index (χ1n) is 13.5. The first-order chi connectivity index (χ1) is 18.7. The Morgan fingerprint density at radius 2 is 1.90 bits per heavy atom. The molecule has 210 valence electrons. The number of methoxy groups -OCH3 is 1. The number of carbonyl (C=O) groups excluding carboxylic acids is 1. The molecule has 0 spiro atoms. The van der Waals surface area contributed by atoms with Crippen LogP contribution < -0.4 is 10.2 Å². The topological polar surface area (TPSA) is 89.6 Å². The average molecular weight is 554 g/mol. The number of hydrogen-bond donors (Lipinski definition) is 2. The van der Waals surface area contributed by atoms with E-state index in [4.69, 9.17) is 16.3 Å². The molecule has 2 aliphatic rings. The van der Waals surface area contributed by atoms with Gasteiger partial charge in [0.2, 0.25) is 6.41 Å². The predicted octanol–water partition coefficient (Wildman–Crippen LogP) is 5.17. The zero-order valence-electron chi connectivity index (χ0n) is 23.6. The van der Waals surface area contributed by atoms with Crippen molar-refractivity contribution in [3.8, 4) is 0 Å². The zero-order valence-corrected chi connectivity index (χ0v) is 24.4. The fraction of sp³-hybridized carbons (Fsp3) is 0.483. The summed E-state index contributed by atoms with van der Waals surface area (Å²) in [6.07, 6.45) is 6.42. The molecule has 10 heteroatoms. The minimum Gasteiger partial charge on any atom is -0.379 e.